The molecule has 0 spiro atoms. The Labute approximate surface area is 813 Å². The van der Waals surface area contributed by atoms with Crippen molar-refractivity contribution >= 4 is 131 Å². The van der Waals surface area contributed by atoms with Gasteiger partial charge in [0.05, 0.1) is 50.2 Å². The molecule has 0 N–H and O–H groups in total. The molecular formula is C132H90N6O3. The van der Waals surface area contributed by atoms with Crippen LogP contribution in [0, 0.1) is 0 Å². The molecule has 27 aromatic rings. The Balaban J connectivity index is 0.000000104. The second-order valence-electron chi connectivity index (χ2n) is 39.6. The summed E-state index contributed by atoms with van der Waals surface area (Å²) < 4.78 is 26.4. The van der Waals surface area contributed by atoms with Crippen LogP contribution in [-0.2, 0) is 16.2 Å². The van der Waals surface area contributed by atoms with Crippen molar-refractivity contribution in [2.24, 2.45) is 0 Å². The van der Waals surface area contributed by atoms with E-state index in [9.17, 15) is 0 Å². The van der Waals surface area contributed by atoms with Gasteiger partial charge in [-0.1, -0.05) is 345 Å². The van der Waals surface area contributed by atoms with Crippen molar-refractivity contribution in [1.29, 1.82) is 0 Å². The lowest BCUT2D eigenvalue weighted by Gasteiger charge is -2.22. The van der Waals surface area contributed by atoms with Gasteiger partial charge in [0.25, 0.3) is 0 Å². The molecular weight excluding hydrogens is 1720 g/mol. The van der Waals surface area contributed by atoms with Crippen LogP contribution >= 0.6 is 0 Å². The molecule has 9 heterocycles. The number of furan rings is 3. The minimum absolute atomic E-state index is 0.193. The Morgan fingerprint density at radius 2 is 0.518 bits per heavy atom. The van der Waals surface area contributed by atoms with E-state index in [0.717, 1.165) is 140 Å². The Hall–Kier alpha value is -17.8. The first kappa shape index (κ1) is 81.6. The quantitative estimate of drug-likeness (QED) is 0.143. The van der Waals surface area contributed by atoms with Gasteiger partial charge >= 0.3 is 0 Å². The Bertz CT molecular complexity index is 9710. The maximum absolute atomic E-state index is 6.60. The second kappa shape index (κ2) is 31.1. The van der Waals surface area contributed by atoms with Gasteiger partial charge in [0, 0.05) is 103 Å². The summed E-state index contributed by atoms with van der Waals surface area (Å²) in [6, 6.07) is 156. The summed E-state index contributed by atoms with van der Waals surface area (Å²) in [5.41, 5.74) is 40.6. The van der Waals surface area contributed by atoms with Crippen LogP contribution in [0.1, 0.15) is 74.9 Å². The van der Waals surface area contributed by atoms with Gasteiger partial charge < -0.3 is 13.3 Å². The van der Waals surface area contributed by atoms with Crippen LogP contribution in [0.2, 0.25) is 0 Å². The van der Waals surface area contributed by atoms with Crippen LogP contribution < -0.4 is 0 Å². The molecule has 9 heteroatoms. The molecule has 0 bridgehead atoms. The van der Waals surface area contributed by atoms with Crippen molar-refractivity contribution < 1.29 is 13.3 Å². The first-order chi connectivity index (χ1) is 69.2. The largest absolute Gasteiger partial charge is 0.456 e. The summed E-state index contributed by atoms with van der Waals surface area (Å²) in [4.78, 5) is 16.1. The van der Waals surface area contributed by atoms with E-state index in [0.29, 0.717) is 0 Å². The maximum Gasteiger partial charge on any atom is 0.140 e. The third-order valence-electron chi connectivity index (χ3n) is 30.5. The number of pyridine rings is 3. The molecule has 0 saturated carbocycles. The van der Waals surface area contributed by atoms with E-state index in [1.807, 2.05) is 18.2 Å². The Morgan fingerprint density at radius 1 is 0.191 bits per heavy atom. The fraction of sp³-hybridized carbons (Fsp3) is 0.0682. The summed E-state index contributed by atoms with van der Waals surface area (Å²) in [6.45, 7) is 14.1. The van der Waals surface area contributed by atoms with Crippen LogP contribution in [0.4, 0.5) is 0 Å². The average molecular weight is 1810 g/mol. The van der Waals surface area contributed by atoms with E-state index in [-0.39, 0.29) is 16.2 Å². The molecule has 0 fully saturated rings. The van der Waals surface area contributed by atoms with E-state index in [1.54, 1.807) is 0 Å². The summed E-state index contributed by atoms with van der Waals surface area (Å²) in [5.74, 6) is 2.73. The molecule has 141 heavy (non-hydrogen) atoms. The lowest BCUT2D eigenvalue weighted by molar-refractivity contribution is 0.620. The highest BCUT2D eigenvalue weighted by molar-refractivity contribution is 6.20. The Morgan fingerprint density at radius 3 is 0.965 bits per heavy atom. The zero-order chi connectivity index (χ0) is 93.8. The SMILES string of the molecule is CC1(C)c2cc3c(cc2-c2c1ccc1oc4ccccc4c21)c1ccccc1n3-c1cc(-c2ccccc2)cc(-c2ccccc2)n1.CC1(C)c2cc3c(cc2-c2ccc4c(oc5ccccc54)c21)c1ccccc1n3-c1cc(-c2ccccc2)cc(-c2ccccc2)n1.CC1(C)c2cc3oc4ccccc4c3cc2-c2cc3c4ccccc4n(-c4cc(-c5ccccc5)cc(-c5ccccc5)n4)c3cc21. The van der Waals surface area contributed by atoms with Crippen LogP contribution in [-0.4, -0.2) is 28.7 Å². The van der Waals surface area contributed by atoms with Gasteiger partial charge in [0.1, 0.15) is 51.0 Å². The molecule has 0 amide bonds. The summed E-state index contributed by atoms with van der Waals surface area (Å²) >= 11 is 0. The molecule has 0 aliphatic heterocycles. The molecule has 30 rings (SSSR count). The monoisotopic (exact) mass is 1810 g/mol. The molecule has 3 aliphatic rings. The number of benzene rings is 18. The number of hydrogen-bond acceptors (Lipinski definition) is 6. The van der Waals surface area contributed by atoms with Crippen LogP contribution in [0.15, 0.2) is 450 Å². The molecule has 9 nitrogen and oxygen atoms in total. The molecule has 3 aliphatic carbocycles. The summed E-state index contributed by atoms with van der Waals surface area (Å²) in [6.07, 6.45) is 0. The highest BCUT2D eigenvalue weighted by atomic mass is 16.3. The van der Waals surface area contributed by atoms with Gasteiger partial charge in [-0.15, -0.1) is 0 Å². The van der Waals surface area contributed by atoms with Crippen molar-refractivity contribution in [3.63, 3.8) is 0 Å². The van der Waals surface area contributed by atoms with Crippen molar-refractivity contribution in [1.82, 2.24) is 28.7 Å². The number of nitrogens with zero attached hydrogens (tertiary/aromatic N) is 6. The van der Waals surface area contributed by atoms with Gasteiger partial charge in [-0.25, -0.2) is 15.0 Å². The van der Waals surface area contributed by atoms with E-state index < -0.39 is 0 Å². The smallest absolute Gasteiger partial charge is 0.140 e. The van der Waals surface area contributed by atoms with Crippen molar-refractivity contribution in [2.45, 2.75) is 57.8 Å². The van der Waals surface area contributed by atoms with E-state index >= 15 is 0 Å². The van der Waals surface area contributed by atoms with Crippen molar-refractivity contribution in [2.75, 3.05) is 0 Å². The standard InChI is InChI=1S/3C44H30N2O/c1-44(2)36-25-40-34(23-32(36)33-24-35-31-18-10-12-20-41(31)47-42(35)26-37(33)44)30-17-9-11-19-39(30)46(40)43-22-29(27-13-5-3-6-14-27)21-38(45-43)28-15-7-4-8-16-28;1-44(2)34-21-22-40-43(31-18-10-12-20-39(31)47-40)42(34)33-25-32-30-17-9-11-19-37(30)46(38(32)26-35(33)44)41-24-29(27-13-5-3-6-14-27)23-36(45-41)28-15-7-4-8-16-28;1-44(2)36-26-39-35(25-34(36)32-21-22-33-31-18-10-12-20-40(31)47-43(33)42(32)44)30-17-9-11-19-38(30)46(39)41-24-29(27-13-5-3-6-14-27)23-37(45-41)28-15-7-4-8-16-28/h3*3-26H,1-2H3. The summed E-state index contributed by atoms with van der Waals surface area (Å²) in [5, 5.41) is 14.4. The van der Waals surface area contributed by atoms with E-state index in [4.69, 9.17) is 28.2 Å². The first-order valence-electron chi connectivity index (χ1n) is 48.7. The molecule has 0 radical (unpaired) electrons. The number of para-hydroxylation sites is 6. The third kappa shape index (κ3) is 12.6. The van der Waals surface area contributed by atoms with Crippen LogP contribution in [0.3, 0.4) is 0 Å². The molecule has 0 atom stereocenters. The normalized spacial score (nSPS) is 13.5. The lowest BCUT2D eigenvalue weighted by Crippen LogP contribution is -2.15. The number of aromatic nitrogens is 6. The minimum atomic E-state index is -0.262. The fourth-order valence-electron chi connectivity index (χ4n) is 23.7. The van der Waals surface area contributed by atoms with E-state index in [1.165, 1.54) is 143 Å². The molecule has 666 valence electrons. The fourth-order valence-corrected chi connectivity index (χ4v) is 23.7. The molecule has 0 unspecified atom stereocenters. The predicted octanol–water partition coefficient (Wildman–Crippen LogP) is 35.2. The van der Waals surface area contributed by atoms with Crippen molar-refractivity contribution in [3.8, 4) is 118 Å². The van der Waals surface area contributed by atoms with Gasteiger partial charge in [-0.05, 0) is 228 Å². The second-order valence-corrected chi connectivity index (χ2v) is 39.6. The molecule has 0 saturated heterocycles. The van der Waals surface area contributed by atoms with Gasteiger partial charge in [0.15, 0.2) is 0 Å². The zero-order valence-corrected chi connectivity index (χ0v) is 78.5. The molecule has 18 aromatic carbocycles. The zero-order valence-electron chi connectivity index (χ0n) is 78.5. The Kier molecular flexibility index (Phi) is 18.0. The topological polar surface area (TPSA) is 92.9 Å². The highest BCUT2D eigenvalue weighted by Gasteiger charge is 2.43. The number of rotatable bonds is 9. The predicted molar refractivity (Wildman–Crippen MR) is 583 cm³/mol. The number of hydrogen-bond donors (Lipinski definition) is 0. The highest BCUT2D eigenvalue weighted by Crippen LogP contribution is 2.59. The maximum atomic E-state index is 6.60. The van der Waals surface area contributed by atoms with E-state index in [2.05, 4.69) is 474 Å². The summed E-state index contributed by atoms with van der Waals surface area (Å²) in [7, 11) is 0. The minimum Gasteiger partial charge on any atom is -0.456 e. The first-order valence-corrected chi connectivity index (χ1v) is 48.7. The lowest BCUT2D eigenvalue weighted by atomic mass is 9.81. The van der Waals surface area contributed by atoms with Crippen LogP contribution in [0.5, 0.6) is 0 Å². The molecule has 9 aromatic heterocycles. The van der Waals surface area contributed by atoms with Gasteiger partial charge in [-0.2, -0.15) is 0 Å². The van der Waals surface area contributed by atoms with Gasteiger partial charge in [-0.3, -0.25) is 13.7 Å². The average Bonchev–Trinajstić information content (AvgIpc) is 1.55. The number of fused-ring (bicyclic) bond motifs is 29. The third-order valence-corrected chi connectivity index (χ3v) is 30.5. The van der Waals surface area contributed by atoms with Crippen LogP contribution in [0.25, 0.3) is 249 Å². The van der Waals surface area contributed by atoms with Crippen molar-refractivity contribution in [3.05, 3.63) is 470 Å². The van der Waals surface area contributed by atoms with Gasteiger partial charge in [0.2, 0.25) is 0 Å².